The van der Waals surface area contributed by atoms with Gasteiger partial charge in [0.2, 0.25) is 0 Å². The van der Waals surface area contributed by atoms with Crippen molar-refractivity contribution in [1.29, 1.82) is 0 Å². The van der Waals surface area contributed by atoms with Crippen LogP contribution in [0, 0.1) is 5.92 Å². The molecule has 0 spiro atoms. The molecule has 1 aliphatic rings. The minimum absolute atomic E-state index is 0.0309. The molecule has 21 heavy (non-hydrogen) atoms. The summed E-state index contributed by atoms with van der Waals surface area (Å²) in [5.41, 5.74) is 6.71. The first kappa shape index (κ1) is 15.6. The molecule has 5 heteroatoms. The number of nitrogens with zero attached hydrogens (tertiary/aromatic N) is 2. The number of likely N-dealkylation sites (tertiary alicyclic amines) is 1. The molecule has 1 amide bonds. The fourth-order valence-electron chi connectivity index (χ4n) is 2.60. The van der Waals surface area contributed by atoms with Crippen LogP contribution >= 0.6 is 0 Å². The summed E-state index contributed by atoms with van der Waals surface area (Å²) in [6, 6.07) is 3.69. The number of nitrogens with two attached hydrogens (primary N) is 1. The molecule has 5 nitrogen and oxygen atoms in total. The molecule has 0 aliphatic carbocycles. The summed E-state index contributed by atoms with van der Waals surface area (Å²) >= 11 is 0. The number of ether oxygens (including phenoxy) is 1. The van der Waals surface area contributed by atoms with E-state index in [1.54, 1.807) is 11.1 Å². The molecule has 0 radical (unpaired) electrons. The largest absolute Gasteiger partial charge is 0.444 e. The number of hydrogen-bond donors (Lipinski definition) is 1. The molecule has 2 rings (SSSR count). The van der Waals surface area contributed by atoms with Crippen molar-refractivity contribution in [2.24, 2.45) is 5.92 Å². The highest BCUT2D eigenvalue weighted by Crippen LogP contribution is 2.33. The number of aromatic nitrogens is 1. The van der Waals surface area contributed by atoms with Crippen molar-refractivity contribution in [2.45, 2.75) is 52.2 Å². The highest BCUT2D eigenvalue weighted by molar-refractivity contribution is 5.69. The molecule has 1 saturated heterocycles. The molecule has 1 fully saturated rings. The van der Waals surface area contributed by atoms with E-state index in [1.807, 2.05) is 32.9 Å². The van der Waals surface area contributed by atoms with Crippen molar-refractivity contribution in [2.75, 3.05) is 12.3 Å². The van der Waals surface area contributed by atoms with Crippen molar-refractivity contribution < 1.29 is 9.53 Å². The van der Waals surface area contributed by atoms with E-state index >= 15 is 0 Å². The molecule has 2 heterocycles. The van der Waals surface area contributed by atoms with Crippen molar-refractivity contribution in [3.05, 3.63) is 24.0 Å². The molecule has 0 bridgehead atoms. The molecule has 1 aromatic heterocycles. The third kappa shape index (κ3) is 4.09. The summed E-state index contributed by atoms with van der Waals surface area (Å²) in [5, 5.41) is 0. The molecule has 2 N–H and O–H groups in total. The maximum atomic E-state index is 12.5. The van der Waals surface area contributed by atoms with Gasteiger partial charge in [0.1, 0.15) is 5.60 Å². The van der Waals surface area contributed by atoms with E-state index in [2.05, 4.69) is 11.9 Å². The fraction of sp³-hybridized carbons (Fsp3) is 0.625. The smallest absolute Gasteiger partial charge is 0.410 e. The van der Waals surface area contributed by atoms with Gasteiger partial charge >= 0.3 is 6.09 Å². The zero-order valence-corrected chi connectivity index (χ0v) is 13.3. The van der Waals surface area contributed by atoms with E-state index in [9.17, 15) is 4.79 Å². The number of amides is 1. The SMILES string of the molecule is CC1CC[C@H](c2ccc(N)cn2)N(C(=O)OC(C)(C)C)C1. The normalized spacial score (nSPS) is 23.0. The predicted octanol–water partition coefficient (Wildman–Crippen LogP) is 3.37. The summed E-state index contributed by atoms with van der Waals surface area (Å²) in [6.07, 6.45) is 3.35. The molecule has 1 unspecified atom stereocenters. The van der Waals surface area contributed by atoms with E-state index in [0.717, 1.165) is 18.5 Å². The number of nitrogen functional groups attached to an aromatic ring is 1. The number of piperidine rings is 1. The van der Waals surface area contributed by atoms with Crippen molar-refractivity contribution in [3.8, 4) is 0 Å². The van der Waals surface area contributed by atoms with Crippen LogP contribution in [0.3, 0.4) is 0 Å². The molecule has 0 saturated carbocycles. The van der Waals surface area contributed by atoms with Gasteiger partial charge < -0.3 is 10.5 Å². The van der Waals surface area contributed by atoms with Gasteiger partial charge in [0.25, 0.3) is 0 Å². The molecule has 1 aliphatic heterocycles. The lowest BCUT2D eigenvalue weighted by Gasteiger charge is -2.39. The zero-order valence-electron chi connectivity index (χ0n) is 13.3. The summed E-state index contributed by atoms with van der Waals surface area (Å²) in [7, 11) is 0. The molecule has 2 atom stereocenters. The third-order valence-electron chi connectivity index (χ3n) is 3.60. The maximum Gasteiger partial charge on any atom is 0.410 e. The number of carbonyl (C=O) groups is 1. The zero-order chi connectivity index (χ0) is 15.6. The fourth-order valence-corrected chi connectivity index (χ4v) is 2.60. The van der Waals surface area contributed by atoms with Crippen LogP contribution in [0.1, 0.15) is 52.3 Å². The molecule has 1 aromatic rings. The van der Waals surface area contributed by atoms with E-state index in [0.29, 0.717) is 18.2 Å². The maximum absolute atomic E-state index is 12.5. The second kappa shape index (κ2) is 5.92. The first-order valence-corrected chi connectivity index (χ1v) is 7.47. The lowest BCUT2D eigenvalue weighted by Crippen LogP contribution is -2.44. The van der Waals surface area contributed by atoms with Gasteiger partial charge in [-0.15, -0.1) is 0 Å². The Balaban J connectivity index is 2.21. The van der Waals surface area contributed by atoms with Gasteiger partial charge in [-0.2, -0.15) is 0 Å². The van der Waals surface area contributed by atoms with Crippen LogP contribution in [0.4, 0.5) is 10.5 Å². The number of rotatable bonds is 1. The minimum Gasteiger partial charge on any atom is -0.444 e. The van der Waals surface area contributed by atoms with Gasteiger partial charge in [-0.05, 0) is 51.7 Å². The second-order valence-electron chi connectivity index (χ2n) is 6.85. The summed E-state index contributed by atoms with van der Waals surface area (Å²) in [5.74, 6) is 0.475. The van der Waals surface area contributed by atoms with Gasteiger partial charge in [0, 0.05) is 6.54 Å². The Morgan fingerprint density at radius 2 is 2.10 bits per heavy atom. The highest BCUT2D eigenvalue weighted by Gasteiger charge is 2.34. The standard InChI is InChI=1S/C16H25N3O2/c1-11-5-8-14(13-7-6-12(17)9-18-13)19(10-11)15(20)21-16(2,3)4/h6-7,9,11,14H,5,8,10,17H2,1-4H3/t11?,14-/m1/s1. The van der Waals surface area contributed by atoms with E-state index in [-0.39, 0.29) is 12.1 Å². The van der Waals surface area contributed by atoms with Crippen molar-refractivity contribution in [1.82, 2.24) is 9.88 Å². The van der Waals surface area contributed by atoms with E-state index in [4.69, 9.17) is 10.5 Å². The van der Waals surface area contributed by atoms with Crippen LogP contribution in [0.15, 0.2) is 18.3 Å². The molecular weight excluding hydrogens is 266 g/mol. The Morgan fingerprint density at radius 3 is 2.67 bits per heavy atom. The Morgan fingerprint density at radius 1 is 1.38 bits per heavy atom. The van der Waals surface area contributed by atoms with E-state index < -0.39 is 5.60 Å². The Bertz CT molecular complexity index is 493. The van der Waals surface area contributed by atoms with Crippen LogP contribution in [0.25, 0.3) is 0 Å². The van der Waals surface area contributed by atoms with Crippen molar-refractivity contribution >= 4 is 11.8 Å². The van der Waals surface area contributed by atoms with Crippen LogP contribution in [-0.2, 0) is 4.74 Å². The monoisotopic (exact) mass is 291 g/mol. The van der Waals surface area contributed by atoms with Crippen molar-refractivity contribution in [3.63, 3.8) is 0 Å². The first-order valence-electron chi connectivity index (χ1n) is 7.47. The molecule has 0 aromatic carbocycles. The minimum atomic E-state index is -0.489. The first-order chi connectivity index (χ1) is 9.76. The average Bonchev–Trinajstić information content (AvgIpc) is 2.38. The van der Waals surface area contributed by atoms with Crippen LogP contribution in [0.2, 0.25) is 0 Å². The Labute approximate surface area is 126 Å². The van der Waals surface area contributed by atoms with Gasteiger partial charge in [-0.3, -0.25) is 9.88 Å². The predicted molar refractivity (Wildman–Crippen MR) is 82.7 cm³/mol. The molecular formula is C16H25N3O2. The number of hydrogen-bond acceptors (Lipinski definition) is 4. The summed E-state index contributed by atoms with van der Waals surface area (Å²) in [6.45, 7) is 8.51. The lowest BCUT2D eigenvalue weighted by molar-refractivity contribution is 0.00307. The second-order valence-corrected chi connectivity index (χ2v) is 6.85. The van der Waals surface area contributed by atoms with Crippen LogP contribution < -0.4 is 5.73 Å². The number of anilines is 1. The highest BCUT2D eigenvalue weighted by atomic mass is 16.6. The summed E-state index contributed by atoms with van der Waals surface area (Å²) < 4.78 is 5.54. The van der Waals surface area contributed by atoms with Gasteiger partial charge in [-0.25, -0.2) is 4.79 Å². The van der Waals surface area contributed by atoms with Gasteiger partial charge in [0.15, 0.2) is 0 Å². The summed E-state index contributed by atoms with van der Waals surface area (Å²) in [4.78, 5) is 18.6. The van der Waals surface area contributed by atoms with Gasteiger partial charge in [0.05, 0.1) is 23.6 Å². The Kier molecular flexibility index (Phi) is 4.40. The number of pyridine rings is 1. The van der Waals surface area contributed by atoms with E-state index in [1.165, 1.54) is 0 Å². The van der Waals surface area contributed by atoms with Crippen LogP contribution in [-0.4, -0.2) is 28.1 Å². The topological polar surface area (TPSA) is 68.5 Å². The molecule has 116 valence electrons. The number of carbonyl (C=O) groups excluding carboxylic acids is 1. The van der Waals surface area contributed by atoms with Crippen LogP contribution in [0.5, 0.6) is 0 Å². The quantitative estimate of drug-likeness (QED) is 0.861. The average molecular weight is 291 g/mol. The van der Waals surface area contributed by atoms with Gasteiger partial charge in [-0.1, -0.05) is 6.92 Å². The third-order valence-corrected chi connectivity index (χ3v) is 3.60. The lowest BCUT2D eigenvalue weighted by atomic mass is 9.92. The Hall–Kier alpha value is -1.78.